The van der Waals surface area contributed by atoms with Crippen molar-refractivity contribution in [3.8, 4) is 16.8 Å². The molecule has 0 saturated heterocycles. The predicted octanol–water partition coefficient (Wildman–Crippen LogP) is 15.0. The van der Waals surface area contributed by atoms with Crippen LogP contribution in [0.1, 0.15) is 0 Å². The Hall–Kier alpha value is -6.14. The van der Waals surface area contributed by atoms with Gasteiger partial charge in [0.05, 0.1) is 16.7 Å². The molecule has 3 heterocycles. The summed E-state index contributed by atoms with van der Waals surface area (Å²) in [7, 11) is 0. The van der Waals surface area contributed by atoms with Crippen molar-refractivity contribution in [2.24, 2.45) is 0 Å². The standard InChI is InChI=1S/C48H29BrN2OS/c49-39-18-8-4-14-33(39)34-15-5-9-19-40(34)50(30-12-2-1-3-13-30)32-22-24-36-42(29-32)51(31-23-26-44-38(28-31)35-16-6-10-20-43(35)52-44)41-25-27-46-48(47(36)41)37-17-7-11-21-45(37)53-46/h1-29H. The molecule has 0 aliphatic carbocycles. The summed E-state index contributed by atoms with van der Waals surface area (Å²) in [6, 6.07) is 63.1. The molecular weight excluding hydrogens is 733 g/mol. The van der Waals surface area contributed by atoms with E-state index in [0.717, 1.165) is 65.8 Å². The number of aromatic nitrogens is 1. The molecule has 11 rings (SSSR count). The van der Waals surface area contributed by atoms with Gasteiger partial charge in [0.1, 0.15) is 11.2 Å². The zero-order chi connectivity index (χ0) is 35.0. The van der Waals surface area contributed by atoms with E-state index in [4.69, 9.17) is 4.42 Å². The van der Waals surface area contributed by atoms with E-state index >= 15 is 0 Å². The van der Waals surface area contributed by atoms with Crippen molar-refractivity contribution in [2.45, 2.75) is 0 Å². The minimum atomic E-state index is 0.890. The third kappa shape index (κ3) is 4.71. The molecule has 0 aliphatic heterocycles. The summed E-state index contributed by atoms with van der Waals surface area (Å²) in [6.45, 7) is 0. The Kier molecular flexibility index (Phi) is 6.88. The maximum atomic E-state index is 6.28. The fraction of sp³-hybridized carbons (Fsp3) is 0. The fourth-order valence-electron chi connectivity index (χ4n) is 8.16. The zero-order valence-corrected chi connectivity index (χ0v) is 30.7. The van der Waals surface area contributed by atoms with Crippen molar-refractivity contribution in [3.05, 3.63) is 180 Å². The highest BCUT2D eigenvalue weighted by Gasteiger charge is 2.23. The normalized spacial score (nSPS) is 11.9. The molecule has 3 aromatic heterocycles. The van der Waals surface area contributed by atoms with Crippen LogP contribution in [0.4, 0.5) is 17.1 Å². The lowest BCUT2D eigenvalue weighted by molar-refractivity contribution is 0.669. The van der Waals surface area contributed by atoms with Crippen molar-refractivity contribution < 1.29 is 4.42 Å². The van der Waals surface area contributed by atoms with Crippen molar-refractivity contribution in [3.63, 3.8) is 0 Å². The van der Waals surface area contributed by atoms with E-state index in [0.29, 0.717) is 0 Å². The molecule has 8 aromatic carbocycles. The first-order valence-corrected chi connectivity index (χ1v) is 19.3. The van der Waals surface area contributed by atoms with Gasteiger partial charge in [-0.2, -0.15) is 0 Å². The van der Waals surface area contributed by atoms with E-state index in [1.807, 2.05) is 23.5 Å². The Morgan fingerprint density at radius 3 is 2.09 bits per heavy atom. The highest BCUT2D eigenvalue weighted by molar-refractivity contribution is 9.10. The molecule has 0 aliphatic rings. The number of anilines is 3. The summed E-state index contributed by atoms with van der Waals surface area (Å²) >= 11 is 5.72. The minimum absolute atomic E-state index is 0.890. The Balaban J connectivity index is 1.24. The first-order valence-electron chi connectivity index (χ1n) is 17.7. The second-order valence-electron chi connectivity index (χ2n) is 13.4. The number of furan rings is 1. The molecule has 0 unspecified atom stereocenters. The molecule has 3 nitrogen and oxygen atoms in total. The summed E-state index contributed by atoms with van der Waals surface area (Å²) in [5, 5.41) is 7.34. The van der Waals surface area contributed by atoms with Gasteiger partial charge in [0.25, 0.3) is 0 Å². The van der Waals surface area contributed by atoms with Crippen LogP contribution in [-0.2, 0) is 0 Å². The molecule has 0 radical (unpaired) electrons. The number of hydrogen-bond donors (Lipinski definition) is 0. The highest BCUT2D eigenvalue weighted by atomic mass is 79.9. The van der Waals surface area contributed by atoms with Crippen molar-refractivity contribution in [1.29, 1.82) is 0 Å². The van der Waals surface area contributed by atoms with Gasteiger partial charge in [-0.3, -0.25) is 0 Å². The van der Waals surface area contributed by atoms with Gasteiger partial charge in [-0.15, -0.1) is 11.3 Å². The first-order chi connectivity index (χ1) is 26.2. The van der Waals surface area contributed by atoms with Crippen molar-refractivity contribution >= 4 is 108 Å². The second-order valence-corrected chi connectivity index (χ2v) is 15.4. The maximum Gasteiger partial charge on any atom is 0.135 e. The minimum Gasteiger partial charge on any atom is -0.456 e. The van der Waals surface area contributed by atoms with Crippen LogP contribution in [-0.4, -0.2) is 4.57 Å². The lowest BCUT2D eigenvalue weighted by Gasteiger charge is -2.28. The monoisotopic (exact) mass is 760 g/mol. The molecule has 0 atom stereocenters. The second kappa shape index (κ2) is 12.0. The Morgan fingerprint density at radius 2 is 1.21 bits per heavy atom. The Morgan fingerprint density at radius 1 is 0.472 bits per heavy atom. The van der Waals surface area contributed by atoms with E-state index in [-0.39, 0.29) is 0 Å². The fourth-order valence-corrected chi connectivity index (χ4v) is 9.77. The zero-order valence-electron chi connectivity index (χ0n) is 28.3. The number of halogens is 1. The quantitative estimate of drug-likeness (QED) is 0.174. The third-order valence-electron chi connectivity index (χ3n) is 10.5. The summed E-state index contributed by atoms with van der Waals surface area (Å²) in [4.78, 5) is 2.39. The van der Waals surface area contributed by atoms with Gasteiger partial charge in [-0.05, 0) is 84.4 Å². The van der Waals surface area contributed by atoms with E-state index in [1.165, 1.54) is 36.5 Å². The lowest BCUT2D eigenvalue weighted by atomic mass is 10.0. The molecule has 0 saturated carbocycles. The van der Waals surface area contributed by atoms with E-state index in [1.54, 1.807) is 0 Å². The van der Waals surface area contributed by atoms with Crippen LogP contribution >= 0.6 is 27.3 Å². The Labute approximate surface area is 317 Å². The van der Waals surface area contributed by atoms with Crippen LogP contribution < -0.4 is 4.90 Å². The first kappa shape index (κ1) is 30.5. The summed E-state index contributed by atoms with van der Waals surface area (Å²) in [5.41, 5.74) is 10.8. The van der Waals surface area contributed by atoms with Crippen LogP contribution in [0.15, 0.2) is 185 Å². The topological polar surface area (TPSA) is 21.3 Å². The summed E-state index contributed by atoms with van der Waals surface area (Å²) < 4.78 is 12.4. The number of fused-ring (bicyclic) bond motifs is 10. The van der Waals surface area contributed by atoms with E-state index in [2.05, 4.69) is 189 Å². The third-order valence-corrected chi connectivity index (χ3v) is 12.3. The van der Waals surface area contributed by atoms with Gasteiger partial charge >= 0.3 is 0 Å². The molecular formula is C48H29BrN2OS. The van der Waals surface area contributed by atoms with Crippen LogP contribution in [0.25, 0.3) is 80.7 Å². The molecule has 5 heteroatoms. The maximum absolute atomic E-state index is 6.28. The summed E-state index contributed by atoms with van der Waals surface area (Å²) in [5.74, 6) is 0. The number of benzene rings is 8. The van der Waals surface area contributed by atoms with Gasteiger partial charge < -0.3 is 13.9 Å². The molecule has 0 spiro atoms. The van der Waals surface area contributed by atoms with E-state index < -0.39 is 0 Å². The predicted molar refractivity (Wildman–Crippen MR) is 229 cm³/mol. The SMILES string of the molecule is Brc1ccccc1-c1ccccc1N(c1ccccc1)c1ccc2c3c4c(ccc3n(-c3ccc5oc6ccccc6c5c3)c2c1)sc1ccccc14. The number of rotatable bonds is 5. The smallest absolute Gasteiger partial charge is 0.135 e. The van der Waals surface area contributed by atoms with Gasteiger partial charge in [0.2, 0.25) is 0 Å². The summed E-state index contributed by atoms with van der Waals surface area (Å²) in [6.07, 6.45) is 0. The van der Waals surface area contributed by atoms with Crippen LogP contribution in [0.2, 0.25) is 0 Å². The molecule has 11 aromatic rings. The number of hydrogen-bond acceptors (Lipinski definition) is 3. The number of thiophene rings is 1. The molecule has 0 fully saturated rings. The van der Waals surface area contributed by atoms with Gasteiger partial charge in [-0.25, -0.2) is 0 Å². The van der Waals surface area contributed by atoms with Crippen LogP contribution in [0, 0.1) is 0 Å². The van der Waals surface area contributed by atoms with Gasteiger partial charge in [-0.1, -0.05) is 113 Å². The van der Waals surface area contributed by atoms with Crippen molar-refractivity contribution in [1.82, 2.24) is 4.57 Å². The largest absolute Gasteiger partial charge is 0.456 e. The lowest BCUT2D eigenvalue weighted by Crippen LogP contribution is -2.11. The van der Waals surface area contributed by atoms with Crippen LogP contribution in [0.5, 0.6) is 0 Å². The van der Waals surface area contributed by atoms with Gasteiger partial charge in [0.15, 0.2) is 0 Å². The molecule has 0 amide bonds. The number of nitrogens with zero attached hydrogens (tertiary/aromatic N) is 2. The van der Waals surface area contributed by atoms with Gasteiger partial charge in [0, 0.05) is 68.8 Å². The van der Waals surface area contributed by atoms with E-state index in [9.17, 15) is 0 Å². The van der Waals surface area contributed by atoms with Crippen LogP contribution in [0.3, 0.4) is 0 Å². The average molecular weight is 762 g/mol. The van der Waals surface area contributed by atoms with Crippen molar-refractivity contribution in [2.75, 3.05) is 4.90 Å². The molecule has 250 valence electrons. The molecule has 0 bridgehead atoms. The number of para-hydroxylation sites is 3. The molecule has 0 N–H and O–H groups in total. The average Bonchev–Trinajstić information content (AvgIpc) is 3.88. The Bertz CT molecular complexity index is 3210. The molecule has 53 heavy (non-hydrogen) atoms. The highest BCUT2D eigenvalue weighted by Crippen LogP contribution is 2.47.